The monoisotopic (exact) mass is 334 g/mol. The predicted molar refractivity (Wildman–Crippen MR) is 98.9 cm³/mol. The van der Waals surface area contributed by atoms with Gasteiger partial charge in [0.1, 0.15) is 6.07 Å². The first-order valence-electron chi connectivity index (χ1n) is 7.48. The van der Waals surface area contributed by atoms with E-state index < -0.39 is 5.84 Å². The molecule has 0 fully saturated rings. The van der Waals surface area contributed by atoms with Gasteiger partial charge in [-0.2, -0.15) is 10.4 Å². The van der Waals surface area contributed by atoms with E-state index in [1.165, 1.54) is 0 Å². The first-order valence-corrected chi connectivity index (χ1v) is 7.48. The van der Waals surface area contributed by atoms with Crippen molar-refractivity contribution in [1.82, 2.24) is 0 Å². The average Bonchev–Trinajstić information content (AvgIpc) is 2.58. The van der Waals surface area contributed by atoms with Crippen molar-refractivity contribution in [3.8, 4) is 6.07 Å². The third kappa shape index (κ3) is 4.42. The minimum Gasteiger partial charge on any atom is -0.382 e. The van der Waals surface area contributed by atoms with E-state index in [4.69, 9.17) is 16.4 Å². The van der Waals surface area contributed by atoms with Gasteiger partial charge in [0.2, 0.25) is 5.71 Å². The Morgan fingerprint density at radius 2 is 1.92 bits per heavy atom. The molecular formula is C18H18N6O. The topological polar surface area (TPSA) is 127 Å². The normalized spacial score (nSPS) is 10.7. The van der Waals surface area contributed by atoms with Crippen molar-refractivity contribution in [3.63, 3.8) is 0 Å². The number of para-hydroxylation sites is 1. The molecule has 0 unspecified atom stereocenters. The number of aryl methyl sites for hydroxylation is 2. The SMILES string of the molecule is Cc1ccc(NC(=O)c2ccccc2N/N=C(\C#N)C(=N)N)c(C)c1. The van der Waals surface area contributed by atoms with Crippen molar-refractivity contribution in [2.45, 2.75) is 13.8 Å². The fourth-order valence-electron chi connectivity index (χ4n) is 2.18. The minimum absolute atomic E-state index is 0.260. The number of benzene rings is 2. The van der Waals surface area contributed by atoms with Crippen LogP contribution < -0.4 is 16.5 Å². The van der Waals surface area contributed by atoms with Crippen LogP contribution in [0.25, 0.3) is 0 Å². The largest absolute Gasteiger partial charge is 0.382 e. The van der Waals surface area contributed by atoms with E-state index >= 15 is 0 Å². The number of carbonyl (C=O) groups is 1. The molecule has 0 atom stereocenters. The van der Waals surface area contributed by atoms with E-state index in [9.17, 15) is 4.79 Å². The van der Waals surface area contributed by atoms with Crippen molar-refractivity contribution >= 4 is 28.8 Å². The summed E-state index contributed by atoms with van der Waals surface area (Å²) >= 11 is 0. The van der Waals surface area contributed by atoms with Gasteiger partial charge in [0.05, 0.1) is 11.3 Å². The Morgan fingerprint density at radius 3 is 2.56 bits per heavy atom. The van der Waals surface area contributed by atoms with Gasteiger partial charge in [0.25, 0.3) is 5.91 Å². The summed E-state index contributed by atoms with van der Waals surface area (Å²) in [4.78, 5) is 12.6. The molecule has 1 amide bonds. The van der Waals surface area contributed by atoms with Gasteiger partial charge < -0.3 is 11.1 Å². The van der Waals surface area contributed by atoms with Crippen LogP contribution in [0, 0.1) is 30.6 Å². The summed E-state index contributed by atoms with van der Waals surface area (Å²) in [7, 11) is 0. The zero-order chi connectivity index (χ0) is 18.4. The van der Waals surface area contributed by atoms with Gasteiger partial charge >= 0.3 is 0 Å². The summed E-state index contributed by atoms with van der Waals surface area (Å²) in [5, 5.41) is 22.8. The molecule has 0 saturated heterocycles. The zero-order valence-electron chi connectivity index (χ0n) is 13.9. The number of anilines is 2. The van der Waals surface area contributed by atoms with E-state index in [-0.39, 0.29) is 11.6 Å². The van der Waals surface area contributed by atoms with Crippen LogP contribution >= 0.6 is 0 Å². The maximum atomic E-state index is 12.6. The maximum absolute atomic E-state index is 12.6. The van der Waals surface area contributed by atoms with E-state index in [2.05, 4.69) is 15.8 Å². The molecule has 0 aliphatic carbocycles. The Kier molecular flexibility index (Phi) is 5.48. The lowest BCUT2D eigenvalue weighted by Crippen LogP contribution is -2.22. The molecule has 2 aromatic rings. The van der Waals surface area contributed by atoms with Crippen LogP contribution in [0.5, 0.6) is 0 Å². The number of nitriles is 1. The third-order valence-corrected chi connectivity index (χ3v) is 3.45. The van der Waals surface area contributed by atoms with Crippen molar-refractivity contribution in [2.75, 3.05) is 10.7 Å². The first kappa shape index (κ1) is 17.7. The average molecular weight is 334 g/mol. The Labute approximate surface area is 145 Å². The Hall–Kier alpha value is -3.66. The second-order valence-corrected chi connectivity index (χ2v) is 5.42. The zero-order valence-corrected chi connectivity index (χ0v) is 13.9. The number of hydrazone groups is 1. The lowest BCUT2D eigenvalue weighted by atomic mass is 10.1. The van der Waals surface area contributed by atoms with Crippen molar-refractivity contribution < 1.29 is 4.79 Å². The molecule has 0 saturated carbocycles. The summed E-state index contributed by atoms with van der Waals surface area (Å²) in [5.74, 6) is -0.765. The first-order chi connectivity index (χ1) is 11.9. The molecule has 7 nitrogen and oxygen atoms in total. The molecule has 0 bridgehead atoms. The fourth-order valence-corrected chi connectivity index (χ4v) is 2.18. The van der Waals surface area contributed by atoms with Crippen molar-refractivity contribution in [3.05, 3.63) is 59.2 Å². The molecule has 126 valence electrons. The Balaban J connectivity index is 2.26. The van der Waals surface area contributed by atoms with E-state index in [0.29, 0.717) is 11.3 Å². The smallest absolute Gasteiger partial charge is 0.257 e. The standard InChI is InChI=1S/C18H18N6O/c1-11-7-8-14(12(2)9-11)22-18(25)13-5-3-4-6-15(13)23-24-16(10-19)17(20)21/h3-9,23H,1-2H3,(H3,20,21)(H,22,25)/b24-16+. The number of amidine groups is 1. The highest BCUT2D eigenvalue weighted by molar-refractivity contribution is 6.45. The van der Waals surface area contributed by atoms with Crippen LogP contribution in [0.4, 0.5) is 11.4 Å². The number of nitrogens with two attached hydrogens (primary N) is 1. The highest BCUT2D eigenvalue weighted by Crippen LogP contribution is 2.20. The molecule has 0 heterocycles. The maximum Gasteiger partial charge on any atom is 0.257 e. The van der Waals surface area contributed by atoms with Crippen LogP contribution in [0.1, 0.15) is 21.5 Å². The number of nitrogens with one attached hydrogen (secondary N) is 3. The molecule has 2 aromatic carbocycles. The number of nitrogens with zero attached hydrogens (tertiary/aromatic N) is 2. The Morgan fingerprint density at radius 1 is 1.20 bits per heavy atom. The highest BCUT2D eigenvalue weighted by Gasteiger charge is 2.12. The van der Waals surface area contributed by atoms with Crippen molar-refractivity contribution in [1.29, 1.82) is 10.7 Å². The van der Waals surface area contributed by atoms with Gasteiger partial charge in [0, 0.05) is 5.69 Å². The fraction of sp³-hybridized carbons (Fsp3) is 0.111. The summed E-state index contributed by atoms with van der Waals surface area (Å²) in [6, 6.07) is 14.2. The van der Waals surface area contributed by atoms with Gasteiger partial charge in [-0.1, -0.05) is 29.8 Å². The molecule has 7 heteroatoms. The van der Waals surface area contributed by atoms with Gasteiger partial charge in [-0.25, -0.2) is 0 Å². The molecule has 0 aromatic heterocycles. The van der Waals surface area contributed by atoms with Gasteiger partial charge in [0.15, 0.2) is 5.84 Å². The molecular weight excluding hydrogens is 316 g/mol. The van der Waals surface area contributed by atoms with Gasteiger partial charge in [-0.15, -0.1) is 0 Å². The number of hydrogen-bond donors (Lipinski definition) is 4. The lowest BCUT2D eigenvalue weighted by Gasteiger charge is -2.12. The van der Waals surface area contributed by atoms with Crippen LogP contribution in [-0.2, 0) is 0 Å². The molecule has 0 radical (unpaired) electrons. The summed E-state index contributed by atoms with van der Waals surface area (Å²) in [6.45, 7) is 3.90. The number of carbonyl (C=O) groups excluding carboxylic acids is 1. The second-order valence-electron chi connectivity index (χ2n) is 5.42. The van der Waals surface area contributed by atoms with E-state index in [0.717, 1.165) is 16.8 Å². The predicted octanol–water partition coefficient (Wildman–Crippen LogP) is 2.78. The van der Waals surface area contributed by atoms with Crippen LogP contribution in [0.15, 0.2) is 47.6 Å². The highest BCUT2D eigenvalue weighted by atomic mass is 16.1. The van der Waals surface area contributed by atoms with Gasteiger partial charge in [-0.05, 0) is 37.6 Å². The van der Waals surface area contributed by atoms with Crippen molar-refractivity contribution in [2.24, 2.45) is 10.8 Å². The molecule has 0 spiro atoms. The molecule has 2 rings (SSSR count). The summed E-state index contributed by atoms with van der Waals surface area (Å²) < 4.78 is 0. The second kappa shape index (κ2) is 7.75. The summed E-state index contributed by atoms with van der Waals surface area (Å²) in [5.41, 5.74) is 11.2. The number of amides is 1. The lowest BCUT2D eigenvalue weighted by molar-refractivity contribution is 0.102. The van der Waals surface area contributed by atoms with Gasteiger partial charge in [-0.3, -0.25) is 15.6 Å². The molecule has 25 heavy (non-hydrogen) atoms. The van der Waals surface area contributed by atoms with Crippen LogP contribution in [0.2, 0.25) is 0 Å². The van der Waals surface area contributed by atoms with Crippen LogP contribution in [0.3, 0.4) is 0 Å². The quantitative estimate of drug-likeness (QED) is 0.381. The Bertz CT molecular complexity index is 895. The number of rotatable bonds is 5. The summed E-state index contributed by atoms with van der Waals surface area (Å²) in [6.07, 6.45) is 0. The van der Waals surface area contributed by atoms with E-state index in [1.807, 2.05) is 32.0 Å². The third-order valence-electron chi connectivity index (χ3n) is 3.45. The molecule has 0 aliphatic rings. The number of hydrogen-bond acceptors (Lipinski definition) is 5. The minimum atomic E-state index is -0.452. The molecule has 5 N–H and O–H groups in total. The van der Waals surface area contributed by atoms with E-state index in [1.54, 1.807) is 30.3 Å². The van der Waals surface area contributed by atoms with Crippen LogP contribution in [-0.4, -0.2) is 17.5 Å². The molecule has 0 aliphatic heterocycles.